The van der Waals surface area contributed by atoms with Crippen molar-refractivity contribution in [3.63, 3.8) is 0 Å². The first kappa shape index (κ1) is 22.2. The highest BCUT2D eigenvalue weighted by molar-refractivity contribution is 7.89. The Labute approximate surface area is 180 Å². The molecular weight excluding hydrogens is 430 g/mol. The molecule has 0 radical (unpaired) electrons. The fourth-order valence-electron chi connectivity index (χ4n) is 3.84. The molecule has 1 aliphatic rings. The van der Waals surface area contributed by atoms with Gasteiger partial charge in [0, 0.05) is 37.3 Å². The predicted molar refractivity (Wildman–Crippen MR) is 113 cm³/mol. The first-order valence-corrected chi connectivity index (χ1v) is 11.2. The molecule has 0 bridgehead atoms. The molecule has 0 N–H and O–H groups in total. The van der Waals surface area contributed by atoms with E-state index in [1.54, 1.807) is 13.8 Å². The second kappa shape index (κ2) is 8.33. The van der Waals surface area contributed by atoms with Crippen LogP contribution in [0.3, 0.4) is 0 Å². The number of carbonyl (C=O) groups is 1. The largest absolute Gasteiger partial charge is 0.336 e. The topological polar surface area (TPSA) is 101 Å². The second-order valence-corrected chi connectivity index (χ2v) is 9.65. The van der Waals surface area contributed by atoms with E-state index in [0.29, 0.717) is 16.0 Å². The molecule has 1 amide bonds. The average molecular weight is 452 g/mol. The SMILES string of the molecule is Cc1cc(C)c(S(=O)(=O)N2CCN(C(=O)c3ccc(Cl)cc3[N+](=O)[O-])CC2)c(C)c1. The van der Waals surface area contributed by atoms with Crippen molar-refractivity contribution in [1.82, 2.24) is 9.21 Å². The lowest BCUT2D eigenvalue weighted by molar-refractivity contribution is -0.385. The fraction of sp³-hybridized carbons (Fsp3) is 0.350. The highest BCUT2D eigenvalue weighted by Gasteiger charge is 2.34. The van der Waals surface area contributed by atoms with E-state index >= 15 is 0 Å². The molecule has 0 aromatic heterocycles. The van der Waals surface area contributed by atoms with Gasteiger partial charge in [-0.15, -0.1) is 0 Å². The molecule has 10 heteroatoms. The monoisotopic (exact) mass is 451 g/mol. The van der Waals surface area contributed by atoms with E-state index < -0.39 is 20.9 Å². The number of hydrogen-bond donors (Lipinski definition) is 0. The van der Waals surface area contributed by atoms with Gasteiger partial charge in [0.05, 0.1) is 9.82 Å². The number of carbonyl (C=O) groups excluding carboxylic acids is 1. The number of aryl methyl sites for hydroxylation is 3. The highest BCUT2D eigenvalue weighted by Crippen LogP contribution is 2.28. The standard InChI is InChI=1S/C20H22ClN3O5S/c1-13-10-14(2)19(15(3)11-13)30(28,29)23-8-6-22(7-9-23)20(25)17-5-4-16(21)12-18(17)24(26)27/h4-5,10-12H,6-9H2,1-3H3. The van der Waals surface area contributed by atoms with Crippen LogP contribution in [0.2, 0.25) is 5.02 Å². The Kier molecular flexibility index (Phi) is 6.16. The van der Waals surface area contributed by atoms with Crippen molar-refractivity contribution < 1.29 is 18.1 Å². The molecule has 160 valence electrons. The molecule has 30 heavy (non-hydrogen) atoms. The molecule has 0 saturated carbocycles. The Morgan fingerprint density at radius 3 is 2.13 bits per heavy atom. The highest BCUT2D eigenvalue weighted by atomic mass is 35.5. The van der Waals surface area contributed by atoms with Crippen molar-refractivity contribution in [2.45, 2.75) is 25.7 Å². The zero-order valence-corrected chi connectivity index (χ0v) is 18.5. The number of rotatable bonds is 4. The summed E-state index contributed by atoms with van der Waals surface area (Å²) in [6, 6.07) is 7.55. The molecule has 1 heterocycles. The quantitative estimate of drug-likeness (QED) is 0.524. The molecule has 2 aromatic rings. The molecule has 1 saturated heterocycles. The third-order valence-electron chi connectivity index (χ3n) is 5.12. The van der Waals surface area contributed by atoms with Crippen LogP contribution in [0.15, 0.2) is 35.2 Å². The Balaban J connectivity index is 1.80. The second-order valence-electron chi connectivity index (χ2n) is 7.34. The van der Waals surface area contributed by atoms with E-state index in [9.17, 15) is 23.3 Å². The number of nitrogens with zero attached hydrogens (tertiary/aromatic N) is 3. The van der Waals surface area contributed by atoms with Crippen LogP contribution >= 0.6 is 11.6 Å². The lowest BCUT2D eigenvalue weighted by Gasteiger charge is -2.34. The van der Waals surface area contributed by atoms with Gasteiger partial charge in [-0.05, 0) is 44.0 Å². The molecule has 3 rings (SSSR count). The normalized spacial score (nSPS) is 15.3. The summed E-state index contributed by atoms with van der Waals surface area (Å²) in [6.07, 6.45) is 0. The Morgan fingerprint density at radius 2 is 1.60 bits per heavy atom. The van der Waals surface area contributed by atoms with Crippen molar-refractivity contribution in [3.8, 4) is 0 Å². The maximum atomic E-state index is 13.2. The molecular formula is C20H22ClN3O5S. The molecule has 2 aromatic carbocycles. The average Bonchev–Trinajstić information content (AvgIpc) is 2.66. The van der Waals surface area contributed by atoms with Crippen LogP contribution in [0.5, 0.6) is 0 Å². The van der Waals surface area contributed by atoms with Crippen LogP contribution in [0.25, 0.3) is 0 Å². The van der Waals surface area contributed by atoms with Crippen LogP contribution in [-0.4, -0.2) is 54.6 Å². The summed E-state index contributed by atoms with van der Waals surface area (Å²) in [5, 5.41) is 11.4. The molecule has 0 spiro atoms. The zero-order valence-electron chi connectivity index (χ0n) is 16.9. The van der Waals surface area contributed by atoms with Crippen molar-refractivity contribution >= 4 is 33.2 Å². The first-order valence-electron chi connectivity index (χ1n) is 9.33. The summed E-state index contributed by atoms with van der Waals surface area (Å²) in [6.45, 7) is 5.96. The van der Waals surface area contributed by atoms with Gasteiger partial charge < -0.3 is 4.90 Å². The molecule has 0 aliphatic carbocycles. The van der Waals surface area contributed by atoms with E-state index in [-0.39, 0.29) is 42.5 Å². The van der Waals surface area contributed by atoms with Crippen LogP contribution in [0.1, 0.15) is 27.0 Å². The van der Waals surface area contributed by atoms with Crippen molar-refractivity contribution in [2.75, 3.05) is 26.2 Å². The Morgan fingerprint density at radius 1 is 1.03 bits per heavy atom. The van der Waals surface area contributed by atoms with Crippen molar-refractivity contribution in [1.29, 1.82) is 0 Å². The zero-order chi connectivity index (χ0) is 22.2. The number of piperazine rings is 1. The molecule has 1 aliphatic heterocycles. The van der Waals surface area contributed by atoms with E-state index in [1.165, 1.54) is 21.3 Å². The van der Waals surface area contributed by atoms with Gasteiger partial charge in [-0.3, -0.25) is 14.9 Å². The molecule has 0 unspecified atom stereocenters. The van der Waals surface area contributed by atoms with Crippen molar-refractivity contribution in [3.05, 3.63) is 67.7 Å². The van der Waals surface area contributed by atoms with Gasteiger partial charge in [-0.2, -0.15) is 4.31 Å². The Bertz CT molecular complexity index is 1100. The number of hydrogen-bond acceptors (Lipinski definition) is 5. The van der Waals surface area contributed by atoms with Gasteiger partial charge in [0.2, 0.25) is 10.0 Å². The van der Waals surface area contributed by atoms with Gasteiger partial charge in [-0.1, -0.05) is 29.3 Å². The number of nitro groups is 1. The van der Waals surface area contributed by atoms with E-state index in [1.807, 2.05) is 19.1 Å². The van der Waals surface area contributed by atoms with Crippen LogP contribution in [-0.2, 0) is 10.0 Å². The van der Waals surface area contributed by atoms with Gasteiger partial charge in [0.25, 0.3) is 11.6 Å². The number of benzene rings is 2. The summed E-state index contributed by atoms with van der Waals surface area (Å²) in [5.74, 6) is -0.516. The minimum Gasteiger partial charge on any atom is -0.336 e. The summed E-state index contributed by atoms with van der Waals surface area (Å²) < 4.78 is 27.7. The maximum absolute atomic E-state index is 13.2. The lowest BCUT2D eigenvalue weighted by Crippen LogP contribution is -2.50. The number of sulfonamides is 1. The third-order valence-corrected chi connectivity index (χ3v) is 7.56. The van der Waals surface area contributed by atoms with Crippen molar-refractivity contribution in [2.24, 2.45) is 0 Å². The number of amides is 1. The summed E-state index contributed by atoms with van der Waals surface area (Å²) in [5.41, 5.74) is 1.92. The summed E-state index contributed by atoms with van der Waals surface area (Å²) in [7, 11) is -3.71. The van der Waals surface area contributed by atoms with E-state index in [4.69, 9.17) is 11.6 Å². The van der Waals surface area contributed by atoms with Gasteiger partial charge in [-0.25, -0.2) is 8.42 Å². The van der Waals surface area contributed by atoms with E-state index in [2.05, 4.69) is 0 Å². The minimum atomic E-state index is -3.71. The smallest absolute Gasteiger partial charge is 0.283 e. The Hall–Kier alpha value is -2.49. The first-order chi connectivity index (χ1) is 14.0. The fourth-order valence-corrected chi connectivity index (χ4v) is 5.84. The number of nitro benzene ring substituents is 1. The molecule has 0 atom stereocenters. The molecule has 8 nitrogen and oxygen atoms in total. The van der Waals surface area contributed by atoms with E-state index in [0.717, 1.165) is 11.6 Å². The lowest BCUT2D eigenvalue weighted by atomic mass is 10.1. The van der Waals surface area contributed by atoms with Crippen LogP contribution < -0.4 is 0 Å². The van der Waals surface area contributed by atoms with Gasteiger partial charge in [0.15, 0.2) is 0 Å². The third kappa shape index (κ3) is 4.19. The summed E-state index contributed by atoms with van der Waals surface area (Å²) >= 11 is 5.81. The van der Waals surface area contributed by atoms with Gasteiger partial charge >= 0.3 is 0 Å². The molecule has 1 fully saturated rings. The van der Waals surface area contributed by atoms with Crippen LogP contribution in [0.4, 0.5) is 5.69 Å². The number of halogens is 1. The van der Waals surface area contributed by atoms with Gasteiger partial charge in [0.1, 0.15) is 5.56 Å². The predicted octanol–water partition coefficient (Wildman–Crippen LogP) is 3.32. The maximum Gasteiger partial charge on any atom is 0.283 e. The minimum absolute atomic E-state index is 0.0640. The summed E-state index contributed by atoms with van der Waals surface area (Å²) in [4.78, 5) is 25.2. The van der Waals surface area contributed by atoms with Crippen LogP contribution in [0, 0.1) is 30.9 Å².